The van der Waals surface area contributed by atoms with Gasteiger partial charge in [-0.1, -0.05) is 6.92 Å². The molecule has 0 aromatic carbocycles. The van der Waals surface area contributed by atoms with Gasteiger partial charge in [-0.3, -0.25) is 9.59 Å². The molecule has 0 spiro atoms. The SMILES string of the molecule is Cc1c(C(=O)N2CCC(C(=O)N3CCCC(C)C3)CC2)cnn1-c1ccc(C(F)(F)F)cn1. The first kappa shape index (κ1) is 23.3. The summed E-state index contributed by atoms with van der Waals surface area (Å²) in [5, 5.41) is 4.17. The van der Waals surface area contributed by atoms with Crippen molar-refractivity contribution in [3.8, 4) is 5.82 Å². The summed E-state index contributed by atoms with van der Waals surface area (Å²) in [5.74, 6) is 0.691. The highest BCUT2D eigenvalue weighted by molar-refractivity contribution is 5.95. The van der Waals surface area contributed by atoms with E-state index in [1.807, 2.05) is 4.90 Å². The van der Waals surface area contributed by atoms with E-state index in [0.29, 0.717) is 43.1 Å². The maximum absolute atomic E-state index is 13.1. The average Bonchev–Trinajstić information content (AvgIpc) is 3.19. The fraction of sp³-hybridized carbons (Fsp3) is 0.565. The van der Waals surface area contributed by atoms with Crippen LogP contribution in [0.5, 0.6) is 0 Å². The molecule has 0 saturated carbocycles. The van der Waals surface area contributed by atoms with Gasteiger partial charge < -0.3 is 9.80 Å². The molecule has 4 heterocycles. The molecule has 2 saturated heterocycles. The Labute approximate surface area is 190 Å². The number of amides is 2. The number of nitrogens with zero attached hydrogens (tertiary/aromatic N) is 5. The minimum Gasteiger partial charge on any atom is -0.342 e. The topological polar surface area (TPSA) is 71.3 Å². The van der Waals surface area contributed by atoms with Crippen LogP contribution in [-0.2, 0) is 11.0 Å². The van der Waals surface area contributed by atoms with Crippen molar-refractivity contribution in [2.75, 3.05) is 26.2 Å². The first-order valence-electron chi connectivity index (χ1n) is 11.3. The zero-order chi connectivity index (χ0) is 23.8. The summed E-state index contributed by atoms with van der Waals surface area (Å²) in [6, 6.07) is 2.17. The van der Waals surface area contributed by atoms with Crippen molar-refractivity contribution in [1.29, 1.82) is 0 Å². The molecule has 2 aliphatic rings. The summed E-state index contributed by atoms with van der Waals surface area (Å²) in [6.45, 7) is 6.47. The Balaban J connectivity index is 1.39. The smallest absolute Gasteiger partial charge is 0.342 e. The van der Waals surface area contributed by atoms with E-state index in [-0.39, 0.29) is 23.6 Å². The summed E-state index contributed by atoms with van der Waals surface area (Å²) < 4.78 is 39.7. The number of carbonyl (C=O) groups excluding carboxylic acids is 2. The summed E-state index contributed by atoms with van der Waals surface area (Å²) in [6.07, 6.45) is 1.16. The Morgan fingerprint density at radius 1 is 1.03 bits per heavy atom. The van der Waals surface area contributed by atoms with E-state index in [4.69, 9.17) is 0 Å². The number of pyridine rings is 1. The summed E-state index contributed by atoms with van der Waals surface area (Å²) in [4.78, 5) is 33.5. The molecule has 4 rings (SSSR count). The minimum absolute atomic E-state index is 0.0560. The van der Waals surface area contributed by atoms with Gasteiger partial charge in [-0.2, -0.15) is 18.3 Å². The maximum Gasteiger partial charge on any atom is 0.417 e. The Morgan fingerprint density at radius 2 is 1.76 bits per heavy atom. The molecule has 1 unspecified atom stereocenters. The summed E-state index contributed by atoms with van der Waals surface area (Å²) in [7, 11) is 0. The lowest BCUT2D eigenvalue weighted by Crippen LogP contribution is -2.47. The van der Waals surface area contributed by atoms with Gasteiger partial charge in [0.15, 0.2) is 5.82 Å². The van der Waals surface area contributed by atoms with E-state index in [9.17, 15) is 22.8 Å². The van der Waals surface area contributed by atoms with Gasteiger partial charge in [-0.25, -0.2) is 9.67 Å². The van der Waals surface area contributed by atoms with Crippen LogP contribution in [0.1, 0.15) is 54.2 Å². The van der Waals surface area contributed by atoms with Gasteiger partial charge in [0.05, 0.1) is 23.0 Å². The van der Waals surface area contributed by atoms with Crippen LogP contribution in [0.4, 0.5) is 13.2 Å². The predicted molar refractivity (Wildman–Crippen MR) is 115 cm³/mol. The number of rotatable bonds is 3. The molecule has 2 aromatic heterocycles. The van der Waals surface area contributed by atoms with Crippen molar-refractivity contribution in [2.24, 2.45) is 11.8 Å². The maximum atomic E-state index is 13.1. The van der Waals surface area contributed by atoms with Crippen LogP contribution in [0.3, 0.4) is 0 Å². The van der Waals surface area contributed by atoms with Gasteiger partial charge in [0.1, 0.15) is 0 Å². The Hall–Kier alpha value is -2.91. The molecule has 2 amide bonds. The molecule has 178 valence electrons. The van der Waals surface area contributed by atoms with Crippen LogP contribution in [0.25, 0.3) is 5.82 Å². The van der Waals surface area contributed by atoms with Crippen molar-refractivity contribution in [3.63, 3.8) is 0 Å². The zero-order valence-corrected chi connectivity index (χ0v) is 18.8. The van der Waals surface area contributed by atoms with E-state index in [1.165, 1.54) is 16.9 Å². The van der Waals surface area contributed by atoms with Gasteiger partial charge in [0.25, 0.3) is 5.91 Å². The van der Waals surface area contributed by atoms with Crippen LogP contribution in [-0.4, -0.2) is 62.6 Å². The van der Waals surface area contributed by atoms with Gasteiger partial charge in [0.2, 0.25) is 5.91 Å². The molecule has 0 radical (unpaired) electrons. The van der Waals surface area contributed by atoms with E-state index < -0.39 is 11.7 Å². The van der Waals surface area contributed by atoms with E-state index >= 15 is 0 Å². The third-order valence-electron chi connectivity index (χ3n) is 6.63. The van der Waals surface area contributed by atoms with E-state index in [2.05, 4.69) is 17.0 Å². The van der Waals surface area contributed by atoms with Crippen LogP contribution >= 0.6 is 0 Å². The first-order chi connectivity index (χ1) is 15.6. The number of halogens is 3. The summed E-state index contributed by atoms with van der Waals surface area (Å²) >= 11 is 0. The number of carbonyl (C=O) groups is 2. The standard InChI is InChI=1S/C23H28F3N5O2/c1-15-4-3-9-30(14-15)21(32)17-7-10-29(11-8-17)22(33)19-13-28-31(16(19)2)20-6-5-18(12-27-20)23(24,25)26/h5-6,12-13,15,17H,3-4,7-11,14H2,1-2H3. The van der Waals surface area contributed by atoms with Gasteiger partial charge in [-0.05, 0) is 50.7 Å². The lowest BCUT2D eigenvalue weighted by molar-refractivity contribution is -0.139. The Bertz CT molecular complexity index is 1010. The molecule has 10 heteroatoms. The third-order valence-corrected chi connectivity index (χ3v) is 6.63. The number of hydrogen-bond acceptors (Lipinski definition) is 4. The van der Waals surface area contributed by atoms with Crippen molar-refractivity contribution in [3.05, 3.63) is 41.3 Å². The summed E-state index contributed by atoms with van der Waals surface area (Å²) in [5.41, 5.74) is 0.0443. The molecule has 0 N–H and O–H groups in total. The second kappa shape index (κ2) is 9.15. The van der Waals surface area contributed by atoms with Crippen molar-refractivity contribution in [2.45, 2.75) is 45.7 Å². The lowest BCUT2D eigenvalue weighted by Gasteiger charge is -2.37. The number of piperidine rings is 2. The first-order valence-corrected chi connectivity index (χ1v) is 11.3. The molecule has 33 heavy (non-hydrogen) atoms. The largest absolute Gasteiger partial charge is 0.417 e. The second-order valence-electron chi connectivity index (χ2n) is 9.06. The monoisotopic (exact) mass is 463 g/mol. The third kappa shape index (κ3) is 4.89. The van der Waals surface area contributed by atoms with Crippen LogP contribution < -0.4 is 0 Å². The average molecular weight is 464 g/mol. The number of alkyl halides is 3. The molecular formula is C23H28F3N5O2. The molecule has 2 aliphatic heterocycles. The van der Waals surface area contributed by atoms with Crippen LogP contribution in [0, 0.1) is 18.8 Å². The molecule has 0 bridgehead atoms. The molecule has 2 aromatic rings. The fourth-order valence-electron chi connectivity index (χ4n) is 4.68. The van der Waals surface area contributed by atoms with Crippen molar-refractivity contribution >= 4 is 11.8 Å². The number of aromatic nitrogens is 3. The fourth-order valence-corrected chi connectivity index (χ4v) is 4.68. The second-order valence-corrected chi connectivity index (χ2v) is 9.06. The quantitative estimate of drug-likeness (QED) is 0.696. The minimum atomic E-state index is -4.47. The highest BCUT2D eigenvalue weighted by Crippen LogP contribution is 2.29. The Morgan fingerprint density at radius 3 is 2.36 bits per heavy atom. The highest BCUT2D eigenvalue weighted by Gasteiger charge is 2.33. The normalized spacial score (nSPS) is 20.2. The molecule has 7 nitrogen and oxygen atoms in total. The van der Waals surface area contributed by atoms with E-state index in [0.717, 1.165) is 38.2 Å². The zero-order valence-electron chi connectivity index (χ0n) is 18.8. The van der Waals surface area contributed by atoms with Crippen molar-refractivity contribution < 1.29 is 22.8 Å². The van der Waals surface area contributed by atoms with Gasteiger partial charge in [-0.15, -0.1) is 0 Å². The molecular weight excluding hydrogens is 435 g/mol. The van der Waals surface area contributed by atoms with Crippen molar-refractivity contribution in [1.82, 2.24) is 24.6 Å². The lowest BCUT2D eigenvalue weighted by atomic mass is 9.92. The molecule has 1 atom stereocenters. The molecule has 2 fully saturated rings. The Kier molecular flexibility index (Phi) is 6.45. The number of hydrogen-bond donors (Lipinski definition) is 0. The number of likely N-dealkylation sites (tertiary alicyclic amines) is 2. The predicted octanol–water partition coefficient (Wildman–Crippen LogP) is 3.71. The van der Waals surface area contributed by atoms with Gasteiger partial charge >= 0.3 is 6.18 Å². The highest BCUT2D eigenvalue weighted by atomic mass is 19.4. The van der Waals surface area contributed by atoms with Crippen LogP contribution in [0.15, 0.2) is 24.5 Å². The van der Waals surface area contributed by atoms with Gasteiger partial charge in [0, 0.05) is 38.3 Å². The molecule has 0 aliphatic carbocycles. The van der Waals surface area contributed by atoms with Crippen LogP contribution in [0.2, 0.25) is 0 Å². The van der Waals surface area contributed by atoms with E-state index in [1.54, 1.807) is 11.8 Å².